The van der Waals surface area contributed by atoms with E-state index in [1.54, 1.807) is 17.0 Å². The molecule has 2 saturated heterocycles. The van der Waals surface area contributed by atoms with Gasteiger partial charge in [-0.25, -0.2) is 8.42 Å². The lowest BCUT2D eigenvalue weighted by Crippen LogP contribution is -2.47. The Labute approximate surface area is 142 Å². The number of ether oxygens (including phenoxy) is 2. The van der Waals surface area contributed by atoms with Crippen LogP contribution >= 0.6 is 0 Å². The number of rotatable bonds is 3. The highest BCUT2D eigenvalue weighted by atomic mass is 32.2. The normalized spacial score (nSPS) is 23.2. The Morgan fingerprint density at radius 3 is 2.54 bits per heavy atom. The molecule has 1 aromatic rings. The summed E-state index contributed by atoms with van der Waals surface area (Å²) < 4.78 is 37.4. The molecule has 2 heterocycles. The van der Waals surface area contributed by atoms with Crippen LogP contribution in [0.25, 0.3) is 0 Å². The summed E-state index contributed by atoms with van der Waals surface area (Å²) >= 11 is 0. The Kier molecular flexibility index (Phi) is 5.19. The maximum Gasteiger partial charge on any atom is 0.254 e. The van der Waals surface area contributed by atoms with E-state index in [4.69, 9.17) is 9.47 Å². The van der Waals surface area contributed by atoms with Gasteiger partial charge in [0.25, 0.3) is 5.91 Å². The molecule has 1 atom stereocenters. The zero-order chi connectivity index (χ0) is 17.2. The van der Waals surface area contributed by atoms with Crippen LogP contribution in [0.5, 0.6) is 0 Å². The Morgan fingerprint density at radius 2 is 1.83 bits per heavy atom. The topological polar surface area (TPSA) is 76.2 Å². The molecule has 2 aliphatic rings. The van der Waals surface area contributed by atoms with Crippen molar-refractivity contribution in [2.75, 3.05) is 46.1 Å². The molecule has 1 aromatic carbocycles. The fourth-order valence-electron chi connectivity index (χ4n) is 2.92. The Hall–Kier alpha value is -1.48. The number of sulfonamides is 1. The molecule has 2 aliphatic heterocycles. The SMILES string of the molecule is C[C@H]1COCCN1C(=O)c1cccc(S(=O)(=O)N2CCOCC2)c1. The zero-order valence-corrected chi connectivity index (χ0v) is 14.5. The molecule has 1 amide bonds. The molecule has 3 rings (SSSR count). The number of nitrogens with zero attached hydrogens (tertiary/aromatic N) is 2. The molecule has 0 unspecified atom stereocenters. The van der Waals surface area contributed by atoms with Crippen molar-refractivity contribution >= 4 is 15.9 Å². The summed E-state index contributed by atoms with van der Waals surface area (Å²) in [6.07, 6.45) is 0. The molecule has 2 fully saturated rings. The summed E-state index contributed by atoms with van der Waals surface area (Å²) in [5.41, 5.74) is 0.387. The molecule has 0 spiro atoms. The lowest BCUT2D eigenvalue weighted by Gasteiger charge is -2.33. The minimum absolute atomic E-state index is 0.0224. The predicted molar refractivity (Wildman–Crippen MR) is 87.3 cm³/mol. The van der Waals surface area contributed by atoms with Crippen molar-refractivity contribution in [1.82, 2.24) is 9.21 Å². The van der Waals surface area contributed by atoms with Crippen molar-refractivity contribution in [3.8, 4) is 0 Å². The molecule has 0 radical (unpaired) electrons. The number of morpholine rings is 2. The van der Waals surface area contributed by atoms with E-state index in [2.05, 4.69) is 0 Å². The van der Waals surface area contributed by atoms with Crippen LogP contribution in [0.1, 0.15) is 17.3 Å². The van der Waals surface area contributed by atoms with E-state index in [9.17, 15) is 13.2 Å². The highest BCUT2D eigenvalue weighted by molar-refractivity contribution is 7.89. The first-order valence-electron chi connectivity index (χ1n) is 8.07. The van der Waals surface area contributed by atoms with Crippen LogP contribution in [0.15, 0.2) is 29.2 Å². The average molecular weight is 354 g/mol. The monoisotopic (exact) mass is 354 g/mol. The van der Waals surface area contributed by atoms with Gasteiger partial charge in [0, 0.05) is 25.2 Å². The Balaban J connectivity index is 1.84. The lowest BCUT2D eigenvalue weighted by atomic mass is 10.1. The van der Waals surface area contributed by atoms with Crippen molar-refractivity contribution in [2.24, 2.45) is 0 Å². The second kappa shape index (κ2) is 7.18. The number of amides is 1. The number of carbonyl (C=O) groups is 1. The van der Waals surface area contributed by atoms with Gasteiger partial charge in [-0.05, 0) is 25.1 Å². The van der Waals surface area contributed by atoms with Crippen LogP contribution in [-0.2, 0) is 19.5 Å². The van der Waals surface area contributed by atoms with E-state index in [0.29, 0.717) is 51.6 Å². The molecule has 0 N–H and O–H groups in total. The molecule has 7 nitrogen and oxygen atoms in total. The smallest absolute Gasteiger partial charge is 0.254 e. The van der Waals surface area contributed by atoms with Gasteiger partial charge in [0.15, 0.2) is 0 Å². The third kappa shape index (κ3) is 3.46. The lowest BCUT2D eigenvalue weighted by molar-refractivity contribution is 0.00358. The van der Waals surface area contributed by atoms with Crippen LogP contribution in [0.3, 0.4) is 0 Å². The molecule has 8 heteroatoms. The number of hydrogen-bond acceptors (Lipinski definition) is 5. The maximum atomic E-state index is 12.7. The van der Waals surface area contributed by atoms with Gasteiger partial charge in [-0.15, -0.1) is 0 Å². The first-order valence-corrected chi connectivity index (χ1v) is 9.51. The second-order valence-electron chi connectivity index (χ2n) is 5.97. The highest BCUT2D eigenvalue weighted by Crippen LogP contribution is 2.20. The van der Waals surface area contributed by atoms with Crippen LogP contribution in [0.2, 0.25) is 0 Å². The quantitative estimate of drug-likeness (QED) is 0.793. The number of benzene rings is 1. The fourth-order valence-corrected chi connectivity index (χ4v) is 4.37. The van der Waals surface area contributed by atoms with Crippen molar-refractivity contribution in [3.63, 3.8) is 0 Å². The van der Waals surface area contributed by atoms with Crippen LogP contribution in [-0.4, -0.2) is 75.6 Å². The highest BCUT2D eigenvalue weighted by Gasteiger charge is 2.29. The minimum Gasteiger partial charge on any atom is -0.379 e. The van der Waals surface area contributed by atoms with Crippen molar-refractivity contribution in [1.29, 1.82) is 0 Å². The summed E-state index contributed by atoms with van der Waals surface area (Å²) in [5, 5.41) is 0. The van der Waals surface area contributed by atoms with Crippen molar-refractivity contribution in [2.45, 2.75) is 17.9 Å². The van der Waals surface area contributed by atoms with Gasteiger partial charge in [0.1, 0.15) is 0 Å². The van der Waals surface area contributed by atoms with Gasteiger partial charge in [-0.2, -0.15) is 4.31 Å². The van der Waals surface area contributed by atoms with E-state index >= 15 is 0 Å². The number of carbonyl (C=O) groups excluding carboxylic acids is 1. The van der Waals surface area contributed by atoms with Crippen LogP contribution < -0.4 is 0 Å². The van der Waals surface area contributed by atoms with Gasteiger partial charge >= 0.3 is 0 Å². The Morgan fingerprint density at radius 1 is 1.12 bits per heavy atom. The van der Waals surface area contributed by atoms with Crippen LogP contribution in [0, 0.1) is 0 Å². The summed E-state index contributed by atoms with van der Waals surface area (Å²) in [5.74, 6) is -0.162. The van der Waals surface area contributed by atoms with Crippen LogP contribution in [0.4, 0.5) is 0 Å². The summed E-state index contributed by atoms with van der Waals surface area (Å²) in [6.45, 7) is 4.89. The third-order valence-electron chi connectivity index (χ3n) is 4.32. The first-order chi connectivity index (χ1) is 11.5. The molecule has 0 aliphatic carbocycles. The van der Waals surface area contributed by atoms with E-state index in [1.165, 1.54) is 16.4 Å². The molecular formula is C16H22N2O5S. The average Bonchev–Trinajstić information content (AvgIpc) is 2.62. The molecular weight excluding hydrogens is 332 g/mol. The van der Waals surface area contributed by atoms with E-state index < -0.39 is 10.0 Å². The van der Waals surface area contributed by atoms with Gasteiger partial charge in [-0.1, -0.05) is 6.07 Å². The summed E-state index contributed by atoms with van der Waals surface area (Å²) in [7, 11) is -3.60. The third-order valence-corrected chi connectivity index (χ3v) is 6.21. The molecule has 0 aromatic heterocycles. The van der Waals surface area contributed by atoms with E-state index in [-0.39, 0.29) is 16.8 Å². The van der Waals surface area contributed by atoms with Crippen molar-refractivity contribution < 1.29 is 22.7 Å². The predicted octanol–water partition coefficient (Wildman–Crippen LogP) is 0.568. The van der Waals surface area contributed by atoms with Gasteiger partial charge < -0.3 is 14.4 Å². The number of hydrogen-bond donors (Lipinski definition) is 0. The molecule has 0 bridgehead atoms. The maximum absolute atomic E-state index is 12.7. The fraction of sp³-hybridized carbons (Fsp3) is 0.562. The second-order valence-corrected chi connectivity index (χ2v) is 7.90. The van der Waals surface area contributed by atoms with E-state index in [0.717, 1.165) is 0 Å². The first kappa shape index (κ1) is 17.3. The molecule has 0 saturated carbocycles. The largest absolute Gasteiger partial charge is 0.379 e. The van der Waals surface area contributed by atoms with Gasteiger partial charge in [-0.3, -0.25) is 4.79 Å². The summed E-state index contributed by atoms with van der Waals surface area (Å²) in [6, 6.07) is 6.25. The zero-order valence-electron chi connectivity index (χ0n) is 13.7. The Bertz CT molecular complexity index is 700. The summed E-state index contributed by atoms with van der Waals surface area (Å²) in [4.78, 5) is 14.6. The minimum atomic E-state index is -3.60. The standard InChI is InChI=1S/C16H22N2O5S/c1-13-12-23-10-7-18(13)16(19)14-3-2-4-15(11-14)24(20,21)17-5-8-22-9-6-17/h2-4,11,13H,5-10,12H2,1H3/t13-/m0/s1. The van der Waals surface area contributed by atoms with Gasteiger partial charge in [0.2, 0.25) is 10.0 Å². The molecule has 24 heavy (non-hydrogen) atoms. The van der Waals surface area contributed by atoms with Crippen molar-refractivity contribution in [3.05, 3.63) is 29.8 Å². The van der Waals surface area contributed by atoms with E-state index in [1.807, 2.05) is 6.92 Å². The van der Waals surface area contributed by atoms with Gasteiger partial charge in [0.05, 0.1) is 37.4 Å². The molecule has 132 valence electrons.